The molecule has 0 aliphatic heterocycles. The lowest BCUT2D eigenvalue weighted by molar-refractivity contribution is -0.385. The Hall–Kier alpha value is -3.08. The van der Waals surface area contributed by atoms with E-state index < -0.39 is 16.5 Å². The molecule has 0 atom stereocenters. The number of nitro benzene ring substituents is 1. The zero-order chi connectivity index (χ0) is 16.1. The summed E-state index contributed by atoms with van der Waals surface area (Å²) >= 11 is 0. The minimum atomic E-state index is -0.545. The summed E-state index contributed by atoms with van der Waals surface area (Å²) in [7, 11) is 0. The summed E-state index contributed by atoms with van der Waals surface area (Å²) < 4.78 is 0. The summed E-state index contributed by atoms with van der Waals surface area (Å²) in [5, 5.41) is 11.0. The third-order valence-electron chi connectivity index (χ3n) is 3.09. The molecule has 0 radical (unpaired) electrons. The van der Waals surface area contributed by atoms with Crippen molar-refractivity contribution in [2.45, 2.75) is 6.92 Å². The second kappa shape index (κ2) is 6.58. The van der Waals surface area contributed by atoms with Crippen LogP contribution in [0.2, 0.25) is 0 Å². The Bertz CT molecular complexity index is 763. The summed E-state index contributed by atoms with van der Waals surface area (Å²) in [4.78, 5) is 34.7. The van der Waals surface area contributed by atoms with Crippen molar-refractivity contribution in [3.63, 3.8) is 0 Å². The molecule has 0 unspecified atom stereocenters. The lowest BCUT2D eigenvalue weighted by atomic mass is 9.98. The number of para-hydroxylation sites is 1. The highest BCUT2D eigenvalue weighted by molar-refractivity contribution is 6.28. The van der Waals surface area contributed by atoms with Gasteiger partial charge in [-0.15, -0.1) is 0 Å². The van der Waals surface area contributed by atoms with E-state index in [4.69, 9.17) is 0 Å². The van der Waals surface area contributed by atoms with Crippen LogP contribution >= 0.6 is 0 Å². The number of hydrogen-bond acceptors (Lipinski definition) is 4. The lowest BCUT2D eigenvalue weighted by Crippen LogP contribution is -2.10. The monoisotopic (exact) mass is 295 g/mol. The molecule has 0 fully saturated rings. The first-order valence-corrected chi connectivity index (χ1v) is 6.56. The fourth-order valence-corrected chi connectivity index (χ4v) is 2.00. The highest BCUT2D eigenvalue weighted by atomic mass is 16.6. The van der Waals surface area contributed by atoms with Gasteiger partial charge in [0.15, 0.2) is 11.6 Å². The molecule has 0 bridgehead atoms. The van der Waals surface area contributed by atoms with Gasteiger partial charge in [-0.2, -0.15) is 0 Å². The van der Waals surface area contributed by atoms with Crippen LogP contribution < -0.4 is 0 Å². The largest absolute Gasteiger partial charge is 0.294 e. The molecule has 110 valence electrons. The number of hydrogen-bond donors (Lipinski definition) is 0. The molecule has 2 aromatic carbocycles. The number of carbonyl (C=O) groups excluding carboxylic acids is 2. The Kier molecular flexibility index (Phi) is 4.58. The summed E-state index contributed by atoms with van der Waals surface area (Å²) in [5.74, 6) is -0.891. The molecular formula is C17H13NO4. The number of nitro groups is 1. The molecule has 2 rings (SSSR count). The highest BCUT2D eigenvalue weighted by Crippen LogP contribution is 2.22. The smallest absolute Gasteiger partial charge is 0.276 e. The maximum Gasteiger partial charge on any atom is 0.276 e. The molecule has 5 nitrogen and oxygen atoms in total. The Labute approximate surface area is 127 Å². The number of ketones is 2. The fourth-order valence-electron chi connectivity index (χ4n) is 2.00. The van der Waals surface area contributed by atoms with Crippen LogP contribution in [0.1, 0.15) is 22.8 Å². The van der Waals surface area contributed by atoms with Gasteiger partial charge in [0, 0.05) is 11.6 Å². The predicted molar refractivity (Wildman–Crippen MR) is 82.5 cm³/mol. The van der Waals surface area contributed by atoms with Gasteiger partial charge >= 0.3 is 0 Å². The normalized spacial score (nSPS) is 11.0. The zero-order valence-electron chi connectivity index (χ0n) is 11.9. The van der Waals surface area contributed by atoms with Gasteiger partial charge in [-0.05, 0) is 19.1 Å². The molecule has 0 saturated carbocycles. The van der Waals surface area contributed by atoms with Crippen LogP contribution in [0.25, 0.3) is 6.08 Å². The van der Waals surface area contributed by atoms with E-state index in [0.717, 1.165) is 0 Å². The van der Waals surface area contributed by atoms with Crippen LogP contribution in [-0.4, -0.2) is 16.5 Å². The van der Waals surface area contributed by atoms with Crippen molar-refractivity contribution in [2.24, 2.45) is 0 Å². The van der Waals surface area contributed by atoms with E-state index in [1.807, 2.05) is 0 Å². The van der Waals surface area contributed by atoms with Crippen LogP contribution in [0.3, 0.4) is 0 Å². The number of benzene rings is 2. The minimum absolute atomic E-state index is 0.0829. The maximum atomic E-state index is 12.4. The standard InChI is InChI=1S/C17H13NO4/c1-12(19)15(17(20)13-7-3-2-4-8-13)11-14-9-5-6-10-16(14)18(21)22/h2-11H,1H3/b15-11+. The van der Waals surface area contributed by atoms with Gasteiger partial charge in [-0.25, -0.2) is 0 Å². The molecule has 0 heterocycles. The summed E-state index contributed by atoms with van der Waals surface area (Å²) in [6.45, 7) is 1.27. The predicted octanol–water partition coefficient (Wildman–Crippen LogP) is 3.45. The molecule has 0 spiro atoms. The van der Waals surface area contributed by atoms with Gasteiger partial charge in [0.2, 0.25) is 0 Å². The van der Waals surface area contributed by atoms with Gasteiger partial charge in [0.05, 0.1) is 16.1 Å². The van der Waals surface area contributed by atoms with Crippen LogP contribution in [0, 0.1) is 10.1 Å². The first-order chi connectivity index (χ1) is 10.5. The summed E-state index contributed by atoms with van der Waals surface area (Å²) in [5.41, 5.74) is 0.354. The topological polar surface area (TPSA) is 77.3 Å². The van der Waals surface area contributed by atoms with E-state index in [2.05, 4.69) is 0 Å². The number of allylic oxidation sites excluding steroid dienone is 1. The van der Waals surface area contributed by atoms with Gasteiger partial charge in [0.25, 0.3) is 5.69 Å². The van der Waals surface area contributed by atoms with Crippen LogP contribution in [0.15, 0.2) is 60.2 Å². The molecule has 2 aromatic rings. The van der Waals surface area contributed by atoms with E-state index in [-0.39, 0.29) is 16.8 Å². The molecule has 0 saturated heterocycles. The molecule has 0 aliphatic carbocycles. The molecule has 0 aliphatic rings. The van der Waals surface area contributed by atoms with Crippen molar-refractivity contribution in [2.75, 3.05) is 0 Å². The maximum absolute atomic E-state index is 12.4. The van der Waals surface area contributed by atoms with Crippen molar-refractivity contribution in [3.05, 3.63) is 81.4 Å². The average Bonchev–Trinajstić information content (AvgIpc) is 2.52. The second-order valence-corrected chi connectivity index (χ2v) is 4.63. The van der Waals surface area contributed by atoms with E-state index in [9.17, 15) is 19.7 Å². The van der Waals surface area contributed by atoms with E-state index in [1.54, 1.807) is 36.4 Å². The third kappa shape index (κ3) is 3.32. The average molecular weight is 295 g/mol. The third-order valence-corrected chi connectivity index (χ3v) is 3.09. The molecule has 0 amide bonds. The van der Waals surface area contributed by atoms with Crippen molar-refractivity contribution < 1.29 is 14.5 Å². The minimum Gasteiger partial charge on any atom is -0.294 e. The first kappa shape index (κ1) is 15.3. The number of carbonyl (C=O) groups is 2. The van der Waals surface area contributed by atoms with Crippen molar-refractivity contribution in [1.82, 2.24) is 0 Å². The van der Waals surface area contributed by atoms with Crippen molar-refractivity contribution in [3.8, 4) is 0 Å². The summed E-state index contributed by atoms with van der Waals surface area (Å²) in [6, 6.07) is 14.3. The fraction of sp³-hybridized carbons (Fsp3) is 0.0588. The number of rotatable bonds is 5. The van der Waals surface area contributed by atoms with Gasteiger partial charge in [0.1, 0.15) is 0 Å². The Morgan fingerprint density at radius 1 is 1.00 bits per heavy atom. The molecular weight excluding hydrogens is 282 g/mol. The van der Waals surface area contributed by atoms with Crippen molar-refractivity contribution >= 4 is 23.3 Å². The van der Waals surface area contributed by atoms with Gasteiger partial charge < -0.3 is 0 Å². The SMILES string of the molecule is CC(=O)/C(=C\c1ccccc1[N+](=O)[O-])C(=O)c1ccccc1. The van der Waals surface area contributed by atoms with E-state index >= 15 is 0 Å². The van der Waals surface area contributed by atoms with Gasteiger partial charge in [-0.3, -0.25) is 19.7 Å². The van der Waals surface area contributed by atoms with Crippen LogP contribution in [-0.2, 0) is 4.79 Å². The zero-order valence-corrected chi connectivity index (χ0v) is 11.9. The van der Waals surface area contributed by atoms with Crippen LogP contribution in [0.5, 0.6) is 0 Å². The molecule has 22 heavy (non-hydrogen) atoms. The number of Topliss-reactive ketones (excluding diaryl/α,β-unsaturated/α-hetero) is 2. The van der Waals surface area contributed by atoms with Gasteiger partial charge in [-0.1, -0.05) is 42.5 Å². The first-order valence-electron chi connectivity index (χ1n) is 6.56. The lowest BCUT2D eigenvalue weighted by Gasteiger charge is -2.04. The molecule has 5 heteroatoms. The quantitative estimate of drug-likeness (QED) is 0.211. The Balaban J connectivity index is 2.52. The van der Waals surface area contributed by atoms with Crippen LogP contribution in [0.4, 0.5) is 5.69 Å². The second-order valence-electron chi connectivity index (χ2n) is 4.63. The number of nitrogens with zero attached hydrogens (tertiary/aromatic N) is 1. The van der Waals surface area contributed by atoms with E-state index in [0.29, 0.717) is 5.56 Å². The Morgan fingerprint density at radius 2 is 1.59 bits per heavy atom. The summed E-state index contributed by atoms with van der Waals surface area (Å²) in [6.07, 6.45) is 1.27. The Morgan fingerprint density at radius 3 is 2.18 bits per heavy atom. The highest BCUT2D eigenvalue weighted by Gasteiger charge is 2.19. The molecule has 0 N–H and O–H groups in total. The van der Waals surface area contributed by atoms with Crippen molar-refractivity contribution in [1.29, 1.82) is 0 Å². The van der Waals surface area contributed by atoms with E-state index in [1.165, 1.54) is 31.2 Å². The molecule has 0 aromatic heterocycles.